The van der Waals surface area contributed by atoms with Gasteiger partial charge in [0.05, 0.1) is 15.7 Å². The second kappa shape index (κ2) is 10.6. The third kappa shape index (κ3) is 4.94. The van der Waals surface area contributed by atoms with Crippen molar-refractivity contribution in [3.05, 3.63) is 80.3 Å². The first-order valence-corrected chi connectivity index (χ1v) is 10.6. The first kappa shape index (κ1) is 23.7. The molecule has 1 fully saturated rings. The number of nitrogens with one attached hydrogen (secondary N) is 2. The second-order valence-electron chi connectivity index (χ2n) is 6.98. The van der Waals surface area contributed by atoms with Crippen LogP contribution in [0.3, 0.4) is 0 Å². The minimum absolute atomic E-state index is 0.175. The van der Waals surface area contributed by atoms with Crippen LogP contribution in [0, 0.1) is 0 Å². The van der Waals surface area contributed by atoms with Crippen molar-refractivity contribution in [1.29, 1.82) is 0 Å². The van der Waals surface area contributed by atoms with Gasteiger partial charge in [0.2, 0.25) is 0 Å². The molecule has 0 saturated carbocycles. The molecule has 0 aliphatic carbocycles. The van der Waals surface area contributed by atoms with E-state index >= 15 is 0 Å². The smallest absolute Gasteiger partial charge is 0.273 e. The van der Waals surface area contributed by atoms with Crippen molar-refractivity contribution in [1.82, 2.24) is 14.9 Å². The monoisotopic (exact) mass is 475 g/mol. The number of hydrogen-bond donors (Lipinski definition) is 4. The number of amides is 1. The van der Waals surface area contributed by atoms with E-state index in [0.717, 1.165) is 36.6 Å². The van der Waals surface area contributed by atoms with Gasteiger partial charge in [-0.05, 0) is 49.2 Å². The quantitative estimate of drug-likeness (QED) is 0.458. The van der Waals surface area contributed by atoms with Gasteiger partial charge >= 0.3 is 0 Å². The highest BCUT2D eigenvalue weighted by Crippen LogP contribution is 2.28. The summed E-state index contributed by atoms with van der Waals surface area (Å²) >= 11 is 12.4. The molecule has 0 spiro atoms. The normalized spacial score (nSPS) is 15.1. The Bertz CT molecular complexity index is 1160. The number of para-hydroxylation sites is 1. The molecule has 4 rings (SSSR count). The molecular formula is C22H23Cl2N5O3. The number of hydrogen-bond acceptors (Lipinski definition) is 6. The summed E-state index contributed by atoms with van der Waals surface area (Å²) in [4.78, 5) is 30.0. The van der Waals surface area contributed by atoms with Crippen molar-refractivity contribution in [3.8, 4) is 5.69 Å². The molecule has 2 aromatic carbocycles. The van der Waals surface area contributed by atoms with Crippen molar-refractivity contribution in [2.45, 2.75) is 18.9 Å². The summed E-state index contributed by atoms with van der Waals surface area (Å²) in [7, 11) is 1.00. The van der Waals surface area contributed by atoms with E-state index in [1.54, 1.807) is 24.3 Å². The first-order chi connectivity index (χ1) is 15.5. The predicted octanol–water partition coefficient (Wildman–Crippen LogP) is 3.41. The van der Waals surface area contributed by atoms with Crippen LogP contribution in [0.15, 0.2) is 53.6 Å². The Balaban J connectivity index is 0.00000141. The molecule has 2 heterocycles. The lowest BCUT2D eigenvalue weighted by molar-refractivity contribution is 0.102. The van der Waals surface area contributed by atoms with Gasteiger partial charge in [-0.15, -0.1) is 0 Å². The van der Waals surface area contributed by atoms with E-state index in [1.165, 1.54) is 6.33 Å². The molecule has 1 aromatic heterocycles. The number of nitrogens with zero attached hydrogens (tertiary/aromatic N) is 2. The summed E-state index contributed by atoms with van der Waals surface area (Å²) in [5, 5.41) is 13.7. The number of aliphatic hydroxyl groups is 1. The third-order valence-corrected chi connectivity index (χ3v) is 5.62. The number of benzene rings is 2. The zero-order chi connectivity index (χ0) is 23.3. The van der Waals surface area contributed by atoms with Crippen molar-refractivity contribution in [2.75, 3.05) is 24.7 Å². The van der Waals surface area contributed by atoms with Gasteiger partial charge in [0.25, 0.3) is 11.5 Å². The fourth-order valence-corrected chi connectivity index (χ4v) is 4.13. The Morgan fingerprint density at radius 3 is 2.56 bits per heavy atom. The lowest BCUT2D eigenvalue weighted by Gasteiger charge is -2.14. The molecule has 8 nitrogen and oxygen atoms in total. The number of carbonyl (C=O) groups is 1. The Hall–Kier alpha value is -2.91. The van der Waals surface area contributed by atoms with Crippen LogP contribution in [-0.2, 0) is 0 Å². The maximum Gasteiger partial charge on any atom is 0.273 e. The minimum Gasteiger partial charge on any atom is -0.400 e. The Morgan fingerprint density at radius 1 is 1.22 bits per heavy atom. The molecule has 0 bridgehead atoms. The van der Waals surface area contributed by atoms with Crippen LogP contribution in [0.5, 0.6) is 0 Å². The Labute approximate surface area is 195 Å². The van der Waals surface area contributed by atoms with Crippen molar-refractivity contribution in [2.24, 2.45) is 0 Å². The van der Waals surface area contributed by atoms with Crippen LogP contribution >= 0.6 is 23.2 Å². The van der Waals surface area contributed by atoms with E-state index < -0.39 is 11.5 Å². The standard InChI is InChI=1S/C21H19Cl2N5O2.CH4O/c22-14-6-2-7-15(23)18(14)28-11-26-19(24)17(21(28)30)20(29)27-13-5-1-4-12(10-13)16-8-3-9-25-16;1-2/h1-2,4-7,10-11,16,25H,3,8-9,24H2,(H,27,29);2H,1H3. The van der Waals surface area contributed by atoms with E-state index in [0.29, 0.717) is 5.69 Å². The highest BCUT2D eigenvalue weighted by Gasteiger charge is 2.21. The summed E-state index contributed by atoms with van der Waals surface area (Å²) in [5.41, 5.74) is 6.80. The van der Waals surface area contributed by atoms with Crippen molar-refractivity contribution < 1.29 is 9.90 Å². The average molecular weight is 476 g/mol. The van der Waals surface area contributed by atoms with Gasteiger partial charge in [-0.25, -0.2) is 4.98 Å². The second-order valence-corrected chi connectivity index (χ2v) is 7.79. The molecule has 10 heteroatoms. The maximum absolute atomic E-state index is 13.1. The fraction of sp³-hybridized carbons (Fsp3) is 0.227. The summed E-state index contributed by atoms with van der Waals surface area (Å²) in [6, 6.07) is 12.6. The minimum atomic E-state index is -0.663. The van der Waals surface area contributed by atoms with E-state index in [1.807, 2.05) is 18.2 Å². The van der Waals surface area contributed by atoms with Gasteiger partial charge in [-0.3, -0.25) is 14.2 Å². The third-order valence-electron chi connectivity index (χ3n) is 5.01. The molecule has 32 heavy (non-hydrogen) atoms. The SMILES string of the molecule is CO.Nc1ncn(-c2c(Cl)cccc2Cl)c(=O)c1C(=O)Nc1cccc(C2CCCN2)c1. The zero-order valence-corrected chi connectivity index (χ0v) is 18.8. The highest BCUT2D eigenvalue weighted by atomic mass is 35.5. The molecule has 3 aromatic rings. The molecule has 0 radical (unpaired) electrons. The van der Waals surface area contributed by atoms with Gasteiger partial charge in [-0.2, -0.15) is 0 Å². The molecular weight excluding hydrogens is 453 g/mol. The molecule has 5 N–H and O–H groups in total. The Morgan fingerprint density at radius 2 is 1.91 bits per heavy atom. The maximum atomic E-state index is 13.1. The highest BCUT2D eigenvalue weighted by molar-refractivity contribution is 6.37. The Kier molecular flexibility index (Phi) is 7.87. The number of rotatable bonds is 4. The number of nitrogen functional groups attached to an aromatic ring is 1. The number of halogens is 2. The molecule has 1 unspecified atom stereocenters. The summed E-state index contributed by atoms with van der Waals surface area (Å²) in [6.45, 7) is 0.970. The van der Waals surface area contributed by atoms with Crippen LogP contribution < -0.4 is 21.9 Å². The van der Waals surface area contributed by atoms with Gasteiger partial charge in [0, 0.05) is 18.8 Å². The van der Waals surface area contributed by atoms with E-state index in [4.69, 9.17) is 34.0 Å². The van der Waals surface area contributed by atoms with E-state index in [9.17, 15) is 9.59 Å². The molecule has 168 valence electrons. The van der Waals surface area contributed by atoms with E-state index in [-0.39, 0.29) is 33.2 Å². The largest absolute Gasteiger partial charge is 0.400 e. The first-order valence-electron chi connectivity index (χ1n) is 9.86. The van der Waals surface area contributed by atoms with Gasteiger partial charge in [-0.1, -0.05) is 41.4 Å². The van der Waals surface area contributed by atoms with Crippen LogP contribution in [0.2, 0.25) is 10.0 Å². The number of carbonyl (C=O) groups excluding carboxylic acids is 1. The summed E-state index contributed by atoms with van der Waals surface area (Å²) < 4.78 is 1.12. The molecule has 1 atom stereocenters. The topological polar surface area (TPSA) is 122 Å². The summed E-state index contributed by atoms with van der Waals surface area (Å²) in [5.74, 6) is -0.829. The molecule has 1 aliphatic heterocycles. The number of aliphatic hydroxyl groups excluding tert-OH is 1. The average Bonchev–Trinajstić information content (AvgIpc) is 3.32. The molecule has 1 amide bonds. The van der Waals surface area contributed by atoms with Gasteiger partial charge in [0.1, 0.15) is 17.7 Å². The predicted molar refractivity (Wildman–Crippen MR) is 127 cm³/mol. The lowest BCUT2D eigenvalue weighted by Crippen LogP contribution is -2.31. The van der Waals surface area contributed by atoms with Crippen molar-refractivity contribution in [3.63, 3.8) is 0 Å². The number of nitrogens with two attached hydrogens (primary N) is 1. The van der Waals surface area contributed by atoms with Crippen molar-refractivity contribution >= 4 is 40.6 Å². The van der Waals surface area contributed by atoms with Gasteiger partial charge in [0.15, 0.2) is 0 Å². The van der Waals surface area contributed by atoms with E-state index in [2.05, 4.69) is 15.6 Å². The number of anilines is 2. The summed E-state index contributed by atoms with van der Waals surface area (Å²) in [6.07, 6.45) is 3.35. The van der Waals surface area contributed by atoms with Crippen LogP contribution in [0.4, 0.5) is 11.5 Å². The number of aromatic nitrogens is 2. The zero-order valence-electron chi connectivity index (χ0n) is 17.3. The fourth-order valence-electron chi connectivity index (χ4n) is 3.55. The van der Waals surface area contributed by atoms with Gasteiger partial charge < -0.3 is 21.5 Å². The van der Waals surface area contributed by atoms with Crippen LogP contribution in [0.1, 0.15) is 34.8 Å². The molecule has 1 aliphatic rings. The lowest BCUT2D eigenvalue weighted by atomic mass is 10.0. The van der Waals surface area contributed by atoms with Crippen LogP contribution in [-0.4, -0.2) is 34.2 Å². The molecule has 1 saturated heterocycles. The van der Waals surface area contributed by atoms with Crippen LogP contribution in [0.25, 0.3) is 5.69 Å².